The van der Waals surface area contributed by atoms with Crippen molar-refractivity contribution in [2.75, 3.05) is 6.54 Å². The van der Waals surface area contributed by atoms with Gasteiger partial charge in [-0.25, -0.2) is 0 Å². The first kappa shape index (κ1) is 14.5. The molecule has 2 nitrogen and oxygen atoms in total. The van der Waals surface area contributed by atoms with Gasteiger partial charge in [0, 0.05) is 22.0 Å². The number of aromatic nitrogens is 1. The van der Waals surface area contributed by atoms with Crippen LogP contribution in [0.2, 0.25) is 0 Å². The zero-order valence-corrected chi connectivity index (χ0v) is 13.3. The molecule has 0 spiro atoms. The molecule has 1 atom stereocenters. The van der Waals surface area contributed by atoms with Crippen LogP contribution in [0, 0.1) is 3.57 Å². The highest BCUT2D eigenvalue weighted by molar-refractivity contribution is 14.1. The van der Waals surface area contributed by atoms with E-state index in [0.717, 1.165) is 19.4 Å². The summed E-state index contributed by atoms with van der Waals surface area (Å²) in [6.45, 7) is 3.16. The largest absolute Gasteiger partial charge is 0.314 e. The molecule has 1 unspecified atom stereocenters. The number of hydrogen-bond acceptors (Lipinski definition) is 2. The lowest BCUT2D eigenvalue weighted by atomic mass is 9.99. The third-order valence-electron chi connectivity index (χ3n) is 3.12. The minimum absolute atomic E-state index is 0.479. The van der Waals surface area contributed by atoms with Crippen molar-refractivity contribution < 1.29 is 0 Å². The van der Waals surface area contributed by atoms with Crippen LogP contribution in [0.3, 0.4) is 0 Å². The van der Waals surface area contributed by atoms with Crippen LogP contribution in [0.4, 0.5) is 0 Å². The van der Waals surface area contributed by atoms with Gasteiger partial charge in [0.05, 0.1) is 0 Å². The van der Waals surface area contributed by atoms with Crippen LogP contribution in [-0.4, -0.2) is 17.6 Å². The summed E-state index contributed by atoms with van der Waals surface area (Å²) in [6, 6.07) is 13.5. The molecule has 1 heterocycles. The number of pyridine rings is 1. The highest BCUT2D eigenvalue weighted by atomic mass is 127. The molecule has 0 aliphatic rings. The molecule has 0 aliphatic carbocycles. The van der Waals surface area contributed by atoms with Crippen LogP contribution in [0.1, 0.15) is 18.1 Å². The van der Waals surface area contributed by atoms with Crippen LogP contribution in [0.25, 0.3) is 0 Å². The molecule has 2 aromatic rings. The van der Waals surface area contributed by atoms with Crippen molar-refractivity contribution in [2.45, 2.75) is 25.8 Å². The number of rotatable bonds is 6. The lowest BCUT2D eigenvalue weighted by Gasteiger charge is -2.18. The SMILES string of the molecule is CCNC(Cc1ccncc1)Cc1ccc(I)cc1. The van der Waals surface area contributed by atoms with Gasteiger partial charge in [-0.3, -0.25) is 4.98 Å². The molecule has 0 radical (unpaired) electrons. The van der Waals surface area contributed by atoms with Crippen molar-refractivity contribution in [1.82, 2.24) is 10.3 Å². The molecule has 100 valence electrons. The van der Waals surface area contributed by atoms with Crippen LogP contribution in [0.5, 0.6) is 0 Å². The Labute approximate surface area is 128 Å². The number of nitrogens with zero attached hydrogens (tertiary/aromatic N) is 1. The molecular formula is C16H19IN2. The van der Waals surface area contributed by atoms with Crippen molar-refractivity contribution in [3.63, 3.8) is 0 Å². The first-order valence-electron chi connectivity index (χ1n) is 6.64. The molecule has 0 amide bonds. The van der Waals surface area contributed by atoms with Crippen molar-refractivity contribution in [3.05, 3.63) is 63.5 Å². The second kappa shape index (κ2) is 7.60. The van der Waals surface area contributed by atoms with E-state index in [1.807, 2.05) is 12.4 Å². The van der Waals surface area contributed by atoms with Crippen molar-refractivity contribution in [3.8, 4) is 0 Å². The molecule has 2 rings (SSSR count). The van der Waals surface area contributed by atoms with E-state index in [1.54, 1.807) is 0 Å². The lowest BCUT2D eigenvalue weighted by molar-refractivity contribution is 0.521. The molecule has 1 aromatic carbocycles. The predicted octanol–water partition coefficient (Wildman–Crippen LogP) is 3.45. The second-order valence-electron chi connectivity index (χ2n) is 4.64. The monoisotopic (exact) mass is 366 g/mol. The van der Waals surface area contributed by atoms with E-state index in [1.165, 1.54) is 14.7 Å². The van der Waals surface area contributed by atoms with Crippen molar-refractivity contribution >= 4 is 22.6 Å². The lowest BCUT2D eigenvalue weighted by Crippen LogP contribution is -2.33. The number of halogens is 1. The maximum atomic E-state index is 4.07. The topological polar surface area (TPSA) is 24.9 Å². The van der Waals surface area contributed by atoms with Gasteiger partial charge in [-0.05, 0) is 77.4 Å². The Hall–Kier alpha value is -0.940. The van der Waals surface area contributed by atoms with E-state index in [2.05, 4.69) is 76.2 Å². The Kier molecular flexibility index (Phi) is 5.79. The molecule has 0 saturated heterocycles. The first-order valence-corrected chi connectivity index (χ1v) is 7.72. The fourth-order valence-corrected chi connectivity index (χ4v) is 2.57. The minimum atomic E-state index is 0.479. The van der Waals surface area contributed by atoms with Gasteiger partial charge in [0.1, 0.15) is 0 Å². The van der Waals surface area contributed by atoms with Crippen molar-refractivity contribution in [1.29, 1.82) is 0 Å². The maximum Gasteiger partial charge on any atom is 0.0270 e. The van der Waals surface area contributed by atoms with Crippen LogP contribution in [-0.2, 0) is 12.8 Å². The molecule has 0 saturated carbocycles. The predicted molar refractivity (Wildman–Crippen MR) is 88.3 cm³/mol. The number of benzene rings is 1. The minimum Gasteiger partial charge on any atom is -0.314 e. The second-order valence-corrected chi connectivity index (χ2v) is 5.89. The molecule has 1 N–H and O–H groups in total. The van der Waals surface area contributed by atoms with Crippen LogP contribution in [0.15, 0.2) is 48.8 Å². The Morgan fingerprint density at radius 2 is 1.58 bits per heavy atom. The fraction of sp³-hybridized carbons (Fsp3) is 0.312. The third kappa shape index (κ3) is 4.91. The molecule has 0 aliphatic heterocycles. The summed E-state index contributed by atoms with van der Waals surface area (Å²) in [4.78, 5) is 4.07. The van der Waals surface area contributed by atoms with E-state index >= 15 is 0 Å². The zero-order chi connectivity index (χ0) is 13.5. The zero-order valence-electron chi connectivity index (χ0n) is 11.1. The number of nitrogens with one attached hydrogen (secondary N) is 1. The normalized spacial score (nSPS) is 12.3. The quantitative estimate of drug-likeness (QED) is 0.793. The van der Waals surface area contributed by atoms with Gasteiger partial charge < -0.3 is 5.32 Å². The average Bonchev–Trinajstić information content (AvgIpc) is 2.43. The Bertz CT molecular complexity index is 482. The van der Waals surface area contributed by atoms with Crippen molar-refractivity contribution in [2.24, 2.45) is 0 Å². The molecule has 0 bridgehead atoms. The van der Waals surface area contributed by atoms with Gasteiger partial charge in [-0.1, -0.05) is 19.1 Å². The van der Waals surface area contributed by atoms with Gasteiger partial charge >= 0.3 is 0 Å². The number of hydrogen-bond donors (Lipinski definition) is 1. The maximum absolute atomic E-state index is 4.07. The summed E-state index contributed by atoms with van der Waals surface area (Å²) < 4.78 is 1.29. The highest BCUT2D eigenvalue weighted by Gasteiger charge is 2.09. The number of likely N-dealkylation sites (N-methyl/N-ethyl adjacent to an activating group) is 1. The Balaban J connectivity index is 2.01. The summed E-state index contributed by atoms with van der Waals surface area (Å²) in [5.74, 6) is 0. The van der Waals surface area contributed by atoms with Crippen LogP contribution >= 0.6 is 22.6 Å². The van der Waals surface area contributed by atoms with E-state index in [9.17, 15) is 0 Å². The summed E-state index contributed by atoms with van der Waals surface area (Å²) in [7, 11) is 0. The van der Waals surface area contributed by atoms with Gasteiger partial charge in [-0.2, -0.15) is 0 Å². The molecule has 19 heavy (non-hydrogen) atoms. The molecule has 3 heteroatoms. The molecule has 1 aromatic heterocycles. The average molecular weight is 366 g/mol. The van der Waals surface area contributed by atoms with Gasteiger partial charge in [0.25, 0.3) is 0 Å². The van der Waals surface area contributed by atoms with E-state index in [4.69, 9.17) is 0 Å². The Morgan fingerprint density at radius 1 is 1.00 bits per heavy atom. The van der Waals surface area contributed by atoms with Gasteiger partial charge in [-0.15, -0.1) is 0 Å². The smallest absolute Gasteiger partial charge is 0.0270 e. The highest BCUT2D eigenvalue weighted by Crippen LogP contribution is 2.11. The summed E-state index contributed by atoms with van der Waals surface area (Å²) in [6.07, 6.45) is 5.84. The van der Waals surface area contributed by atoms with Crippen LogP contribution < -0.4 is 5.32 Å². The van der Waals surface area contributed by atoms with E-state index in [-0.39, 0.29) is 0 Å². The van der Waals surface area contributed by atoms with Gasteiger partial charge in [0.15, 0.2) is 0 Å². The molecule has 0 fully saturated rings. The first-order chi connectivity index (χ1) is 9.28. The summed E-state index contributed by atoms with van der Waals surface area (Å²) in [5, 5.41) is 3.57. The summed E-state index contributed by atoms with van der Waals surface area (Å²) in [5.41, 5.74) is 2.73. The van der Waals surface area contributed by atoms with Gasteiger partial charge in [0.2, 0.25) is 0 Å². The third-order valence-corrected chi connectivity index (χ3v) is 3.84. The van der Waals surface area contributed by atoms with E-state index < -0.39 is 0 Å². The molecular weight excluding hydrogens is 347 g/mol. The summed E-state index contributed by atoms with van der Waals surface area (Å²) >= 11 is 2.34. The fourth-order valence-electron chi connectivity index (χ4n) is 2.21. The van der Waals surface area contributed by atoms with E-state index in [0.29, 0.717) is 6.04 Å². The standard InChI is InChI=1S/C16H19IN2/c1-2-19-16(12-14-7-9-18-10-8-14)11-13-3-5-15(17)6-4-13/h3-10,16,19H,2,11-12H2,1H3. The Morgan fingerprint density at radius 3 is 2.16 bits per heavy atom.